The summed E-state index contributed by atoms with van der Waals surface area (Å²) in [4.78, 5) is 21.5. The molecule has 0 bridgehead atoms. The number of para-hydroxylation sites is 1. The van der Waals surface area contributed by atoms with E-state index in [1.807, 2.05) is 41.3 Å². The lowest BCUT2D eigenvalue weighted by Gasteiger charge is -2.35. The fourth-order valence-corrected chi connectivity index (χ4v) is 3.93. The molecule has 0 atom stereocenters. The van der Waals surface area contributed by atoms with E-state index >= 15 is 0 Å². The molecule has 1 aliphatic rings. The van der Waals surface area contributed by atoms with Crippen LogP contribution in [0, 0.1) is 6.92 Å². The van der Waals surface area contributed by atoms with E-state index in [1.54, 1.807) is 19.3 Å². The van der Waals surface area contributed by atoms with Gasteiger partial charge in [-0.15, -0.1) is 0 Å². The normalized spacial score (nSPS) is 14.5. The number of pyridine rings is 1. The molecule has 1 fully saturated rings. The number of nitrogens with zero attached hydrogens (tertiary/aromatic N) is 3. The molecule has 0 unspecified atom stereocenters. The Morgan fingerprint density at radius 1 is 1.10 bits per heavy atom. The Morgan fingerprint density at radius 2 is 1.87 bits per heavy atom. The number of aromatic nitrogens is 1. The van der Waals surface area contributed by atoms with Gasteiger partial charge in [0, 0.05) is 42.7 Å². The third-order valence-electron chi connectivity index (χ3n) is 5.44. The summed E-state index contributed by atoms with van der Waals surface area (Å²) in [5.41, 5.74) is 2.88. The van der Waals surface area contributed by atoms with E-state index < -0.39 is 0 Å². The Labute approximate surface area is 181 Å². The number of hydrogen-bond acceptors (Lipinski definition) is 4. The third kappa shape index (κ3) is 4.12. The topological polar surface area (TPSA) is 45.7 Å². The zero-order valence-corrected chi connectivity index (χ0v) is 17.9. The van der Waals surface area contributed by atoms with Crippen LogP contribution in [0.25, 0.3) is 17.0 Å². The summed E-state index contributed by atoms with van der Waals surface area (Å²) in [5, 5.41) is 1.73. The smallest absolute Gasteiger partial charge is 0.246 e. The fraction of sp³-hybridized carbons (Fsp3) is 0.250. The van der Waals surface area contributed by atoms with Crippen LogP contribution in [-0.4, -0.2) is 49.1 Å². The average Bonchev–Trinajstić information content (AvgIpc) is 2.78. The van der Waals surface area contributed by atoms with Crippen LogP contribution in [0.2, 0.25) is 5.02 Å². The Bertz CT molecular complexity index is 1100. The standard InChI is InChI=1S/C24H24ClN3O2/c1-17-16-22(26-24-19(17)7-5-9-21(24)30-2)27-12-14-28(15-13-27)23(29)11-10-18-6-3-4-8-20(18)25/h3-11,16H,12-15H2,1-2H3/b11-10+. The van der Waals surface area contributed by atoms with Gasteiger partial charge in [0.05, 0.1) is 7.11 Å². The highest BCUT2D eigenvalue weighted by Crippen LogP contribution is 2.29. The molecule has 0 aliphatic carbocycles. The van der Waals surface area contributed by atoms with E-state index in [-0.39, 0.29) is 5.91 Å². The summed E-state index contributed by atoms with van der Waals surface area (Å²) in [6.45, 7) is 4.86. The predicted octanol–water partition coefficient (Wildman–Crippen LogP) is 4.57. The molecule has 3 aromatic rings. The molecule has 154 valence electrons. The molecule has 1 saturated heterocycles. The van der Waals surface area contributed by atoms with Crippen LogP contribution in [0.4, 0.5) is 5.82 Å². The largest absolute Gasteiger partial charge is 0.494 e. The van der Waals surface area contributed by atoms with Crippen molar-refractivity contribution in [3.8, 4) is 5.75 Å². The van der Waals surface area contributed by atoms with Crippen molar-refractivity contribution in [2.45, 2.75) is 6.92 Å². The fourth-order valence-electron chi connectivity index (χ4n) is 3.73. The van der Waals surface area contributed by atoms with Gasteiger partial charge in [0.25, 0.3) is 0 Å². The lowest BCUT2D eigenvalue weighted by atomic mass is 10.1. The molecule has 0 saturated carbocycles. The molecular formula is C24H24ClN3O2. The average molecular weight is 422 g/mol. The van der Waals surface area contributed by atoms with Gasteiger partial charge in [-0.05, 0) is 42.3 Å². The number of ether oxygens (including phenoxy) is 1. The lowest BCUT2D eigenvalue weighted by molar-refractivity contribution is -0.126. The van der Waals surface area contributed by atoms with Gasteiger partial charge < -0.3 is 14.5 Å². The lowest BCUT2D eigenvalue weighted by Crippen LogP contribution is -2.48. The van der Waals surface area contributed by atoms with Crippen LogP contribution in [0.1, 0.15) is 11.1 Å². The summed E-state index contributed by atoms with van der Waals surface area (Å²) >= 11 is 6.16. The van der Waals surface area contributed by atoms with Crippen molar-refractivity contribution in [2.75, 3.05) is 38.2 Å². The Morgan fingerprint density at radius 3 is 2.60 bits per heavy atom. The Kier molecular flexibility index (Phi) is 5.91. The molecular weight excluding hydrogens is 398 g/mol. The number of aryl methyl sites for hydroxylation is 1. The van der Waals surface area contributed by atoms with Gasteiger partial charge in [-0.1, -0.05) is 41.9 Å². The second-order valence-corrected chi connectivity index (χ2v) is 7.73. The molecule has 0 radical (unpaired) electrons. The number of carbonyl (C=O) groups is 1. The number of anilines is 1. The maximum Gasteiger partial charge on any atom is 0.246 e. The van der Waals surface area contributed by atoms with Crippen LogP contribution in [0.15, 0.2) is 54.6 Å². The summed E-state index contributed by atoms with van der Waals surface area (Å²) in [6.07, 6.45) is 3.37. The van der Waals surface area contributed by atoms with E-state index in [0.717, 1.165) is 46.7 Å². The van der Waals surface area contributed by atoms with Gasteiger partial charge in [0.15, 0.2) is 0 Å². The first-order valence-corrected chi connectivity index (χ1v) is 10.4. The second-order valence-electron chi connectivity index (χ2n) is 7.32. The minimum Gasteiger partial charge on any atom is -0.494 e. The first-order valence-electron chi connectivity index (χ1n) is 9.97. The number of piperazine rings is 1. The van der Waals surface area contributed by atoms with Crippen LogP contribution in [0.3, 0.4) is 0 Å². The van der Waals surface area contributed by atoms with Crippen LogP contribution in [-0.2, 0) is 4.79 Å². The third-order valence-corrected chi connectivity index (χ3v) is 5.79. The molecule has 30 heavy (non-hydrogen) atoms. The van der Waals surface area contributed by atoms with Gasteiger partial charge >= 0.3 is 0 Å². The summed E-state index contributed by atoms with van der Waals surface area (Å²) in [7, 11) is 1.67. The van der Waals surface area contributed by atoms with Crippen molar-refractivity contribution >= 4 is 40.3 Å². The van der Waals surface area contributed by atoms with Crippen molar-refractivity contribution in [3.63, 3.8) is 0 Å². The number of methoxy groups -OCH3 is 1. The number of amides is 1. The van der Waals surface area contributed by atoms with Gasteiger partial charge in [0.1, 0.15) is 17.1 Å². The molecule has 2 heterocycles. The maximum atomic E-state index is 12.6. The first kappa shape index (κ1) is 20.2. The summed E-state index contributed by atoms with van der Waals surface area (Å²) in [6, 6.07) is 15.6. The van der Waals surface area contributed by atoms with Gasteiger partial charge in [-0.25, -0.2) is 4.98 Å². The zero-order chi connectivity index (χ0) is 21.1. The summed E-state index contributed by atoms with van der Waals surface area (Å²) in [5.74, 6) is 1.69. The van der Waals surface area contributed by atoms with Crippen LogP contribution >= 0.6 is 11.6 Å². The number of fused-ring (bicyclic) bond motifs is 1. The Balaban J connectivity index is 1.46. The van der Waals surface area contributed by atoms with Gasteiger partial charge in [-0.2, -0.15) is 0 Å². The minimum absolute atomic E-state index is 0.00103. The summed E-state index contributed by atoms with van der Waals surface area (Å²) < 4.78 is 5.49. The molecule has 2 aromatic carbocycles. The molecule has 6 heteroatoms. The van der Waals surface area contributed by atoms with E-state index in [2.05, 4.69) is 24.0 Å². The SMILES string of the molecule is COc1cccc2c(C)cc(N3CCN(C(=O)/C=C/c4ccccc4Cl)CC3)nc12. The van der Waals surface area contributed by atoms with Crippen LogP contribution in [0.5, 0.6) is 5.75 Å². The molecule has 0 spiro atoms. The predicted molar refractivity (Wildman–Crippen MR) is 122 cm³/mol. The highest BCUT2D eigenvalue weighted by Gasteiger charge is 2.21. The number of carbonyl (C=O) groups excluding carboxylic acids is 1. The molecule has 5 nitrogen and oxygen atoms in total. The monoisotopic (exact) mass is 421 g/mol. The van der Waals surface area contributed by atoms with Gasteiger partial charge in [0.2, 0.25) is 5.91 Å². The molecule has 1 aliphatic heterocycles. The highest BCUT2D eigenvalue weighted by molar-refractivity contribution is 6.32. The second kappa shape index (κ2) is 8.76. The molecule has 1 amide bonds. The van der Waals surface area contributed by atoms with Crippen molar-refractivity contribution in [2.24, 2.45) is 0 Å². The van der Waals surface area contributed by atoms with E-state index in [4.69, 9.17) is 21.3 Å². The minimum atomic E-state index is -0.00103. The number of benzene rings is 2. The van der Waals surface area contributed by atoms with Crippen LogP contribution < -0.4 is 9.64 Å². The molecule has 4 rings (SSSR count). The van der Waals surface area contributed by atoms with E-state index in [0.29, 0.717) is 18.1 Å². The number of hydrogen-bond donors (Lipinski definition) is 0. The quantitative estimate of drug-likeness (QED) is 0.579. The molecule has 1 aromatic heterocycles. The van der Waals surface area contributed by atoms with E-state index in [9.17, 15) is 4.79 Å². The Hall–Kier alpha value is -3.05. The maximum absolute atomic E-state index is 12.6. The van der Waals surface area contributed by atoms with Crippen molar-refractivity contribution in [3.05, 3.63) is 70.8 Å². The van der Waals surface area contributed by atoms with Crippen molar-refractivity contribution in [1.82, 2.24) is 9.88 Å². The van der Waals surface area contributed by atoms with Gasteiger partial charge in [-0.3, -0.25) is 4.79 Å². The van der Waals surface area contributed by atoms with E-state index in [1.165, 1.54) is 0 Å². The zero-order valence-electron chi connectivity index (χ0n) is 17.1. The van der Waals surface area contributed by atoms with Crippen molar-refractivity contribution < 1.29 is 9.53 Å². The molecule has 0 N–H and O–H groups in total. The number of rotatable bonds is 4. The van der Waals surface area contributed by atoms with Crippen molar-refractivity contribution in [1.29, 1.82) is 0 Å². The first-order chi connectivity index (χ1) is 14.6. The number of halogens is 1. The highest BCUT2D eigenvalue weighted by atomic mass is 35.5.